The number of aryl methyl sites for hydroxylation is 1. The Bertz CT molecular complexity index is 841. The van der Waals surface area contributed by atoms with Crippen LogP contribution in [0.15, 0.2) is 66.9 Å². The molecule has 0 spiro atoms. The molecule has 1 N–H and O–H groups in total. The molecule has 0 saturated heterocycles. The summed E-state index contributed by atoms with van der Waals surface area (Å²) in [7, 11) is 1.64. The minimum atomic E-state index is -0.117. The van der Waals surface area contributed by atoms with Crippen molar-refractivity contribution in [3.05, 3.63) is 78.0 Å². The van der Waals surface area contributed by atoms with E-state index in [9.17, 15) is 4.79 Å². The highest BCUT2D eigenvalue weighted by Crippen LogP contribution is 2.33. The summed E-state index contributed by atoms with van der Waals surface area (Å²) in [6.07, 6.45) is 1.75. The Hall–Kier alpha value is -2.94. The maximum Gasteiger partial charge on any atom is 0.253 e. The van der Waals surface area contributed by atoms with Crippen LogP contribution in [-0.2, 0) is 0 Å². The Morgan fingerprint density at radius 3 is 2.26 bits per heavy atom. The molecule has 3 rings (SSSR count). The minimum absolute atomic E-state index is 0.117. The molecule has 23 heavy (non-hydrogen) atoms. The third-order valence-electron chi connectivity index (χ3n) is 3.88. The van der Waals surface area contributed by atoms with Crippen LogP contribution in [0.3, 0.4) is 0 Å². The van der Waals surface area contributed by atoms with E-state index in [0.717, 1.165) is 22.3 Å². The molecule has 1 heterocycles. The second-order valence-corrected chi connectivity index (χ2v) is 5.34. The Morgan fingerprint density at radius 2 is 1.57 bits per heavy atom. The van der Waals surface area contributed by atoms with Gasteiger partial charge >= 0.3 is 0 Å². The van der Waals surface area contributed by atoms with Gasteiger partial charge in [-0.3, -0.25) is 9.78 Å². The van der Waals surface area contributed by atoms with Crippen LogP contribution in [-0.4, -0.2) is 17.9 Å². The van der Waals surface area contributed by atoms with E-state index in [1.165, 1.54) is 0 Å². The number of nitrogens with zero attached hydrogens (tertiary/aromatic N) is 1. The quantitative estimate of drug-likeness (QED) is 0.792. The standard InChI is InChI=1S/C20H18N2O/c1-14-12-13-22-19(18(14)20(23)21-2)17-11-7-6-10-16(17)15-8-4-3-5-9-15/h3-13H,1-2H3,(H,21,23). The lowest BCUT2D eigenvalue weighted by Crippen LogP contribution is -2.20. The Balaban J connectivity index is 2.26. The third-order valence-corrected chi connectivity index (χ3v) is 3.88. The van der Waals surface area contributed by atoms with Crippen LogP contribution >= 0.6 is 0 Å². The van der Waals surface area contributed by atoms with E-state index >= 15 is 0 Å². The predicted octanol–water partition coefficient (Wildman–Crippen LogP) is 4.08. The molecule has 0 atom stereocenters. The molecule has 0 aliphatic heterocycles. The van der Waals surface area contributed by atoms with Crippen molar-refractivity contribution in [1.29, 1.82) is 0 Å². The minimum Gasteiger partial charge on any atom is -0.355 e. The first-order chi connectivity index (χ1) is 11.2. The molecule has 0 unspecified atom stereocenters. The molecule has 0 fully saturated rings. The molecule has 3 heteroatoms. The SMILES string of the molecule is CNC(=O)c1c(C)ccnc1-c1ccccc1-c1ccccc1. The lowest BCUT2D eigenvalue weighted by Gasteiger charge is -2.14. The van der Waals surface area contributed by atoms with Crippen LogP contribution in [0.2, 0.25) is 0 Å². The topological polar surface area (TPSA) is 42.0 Å². The first-order valence-corrected chi connectivity index (χ1v) is 7.55. The number of carbonyl (C=O) groups is 1. The summed E-state index contributed by atoms with van der Waals surface area (Å²) in [5.41, 5.74) is 5.38. The van der Waals surface area contributed by atoms with E-state index in [0.29, 0.717) is 11.3 Å². The number of hydrogen-bond donors (Lipinski definition) is 1. The number of rotatable bonds is 3. The fourth-order valence-corrected chi connectivity index (χ4v) is 2.73. The molecule has 0 saturated carbocycles. The molecule has 1 aromatic heterocycles. The average Bonchev–Trinajstić information content (AvgIpc) is 2.61. The second kappa shape index (κ2) is 6.44. The monoisotopic (exact) mass is 302 g/mol. The van der Waals surface area contributed by atoms with Crippen LogP contribution in [0.4, 0.5) is 0 Å². The molecule has 3 aromatic rings. The van der Waals surface area contributed by atoms with Crippen molar-refractivity contribution >= 4 is 5.91 Å². The lowest BCUT2D eigenvalue weighted by atomic mass is 9.93. The van der Waals surface area contributed by atoms with Gasteiger partial charge in [0.1, 0.15) is 0 Å². The zero-order chi connectivity index (χ0) is 16.2. The number of pyridine rings is 1. The lowest BCUT2D eigenvalue weighted by molar-refractivity contribution is 0.0963. The normalized spacial score (nSPS) is 10.3. The number of carbonyl (C=O) groups excluding carboxylic acids is 1. The molecule has 114 valence electrons. The molecular weight excluding hydrogens is 284 g/mol. The van der Waals surface area contributed by atoms with Crippen molar-refractivity contribution < 1.29 is 4.79 Å². The van der Waals surface area contributed by atoms with E-state index in [4.69, 9.17) is 0 Å². The molecule has 3 nitrogen and oxygen atoms in total. The first-order valence-electron chi connectivity index (χ1n) is 7.55. The van der Waals surface area contributed by atoms with Gasteiger partial charge in [0, 0.05) is 18.8 Å². The highest BCUT2D eigenvalue weighted by molar-refractivity contribution is 6.02. The van der Waals surface area contributed by atoms with Gasteiger partial charge in [0.2, 0.25) is 0 Å². The average molecular weight is 302 g/mol. The van der Waals surface area contributed by atoms with Crippen molar-refractivity contribution in [2.24, 2.45) is 0 Å². The zero-order valence-electron chi connectivity index (χ0n) is 13.2. The molecule has 0 bridgehead atoms. The number of hydrogen-bond acceptors (Lipinski definition) is 2. The van der Waals surface area contributed by atoms with Gasteiger partial charge in [-0.1, -0.05) is 54.6 Å². The Kier molecular flexibility index (Phi) is 4.20. The highest BCUT2D eigenvalue weighted by Gasteiger charge is 2.18. The largest absolute Gasteiger partial charge is 0.355 e. The molecule has 2 aromatic carbocycles. The van der Waals surface area contributed by atoms with Gasteiger partial charge in [0.05, 0.1) is 11.3 Å². The van der Waals surface area contributed by atoms with Crippen LogP contribution in [0.25, 0.3) is 22.4 Å². The van der Waals surface area contributed by atoms with Crippen molar-refractivity contribution in [2.75, 3.05) is 7.05 Å². The summed E-state index contributed by atoms with van der Waals surface area (Å²) in [5, 5.41) is 2.71. The van der Waals surface area contributed by atoms with Crippen LogP contribution in [0, 0.1) is 6.92 Å². The summed E-state index contributed by atoms with van der Waals surface area (Å²) in [6.45, 7) is 1.93. The van der Waals surface area contributed by atoms with E-state index in [1.54, 1.807) is 13.2 Å². The molecule has 0 aliphatic rings. The van der Waals surface area contributed by atoms with Gasteiger partial charge in [-0.25, -0.2) is 0 Å². The van der Waals surface area contributed by atoms with Crippen molar-refractivity contribution in [1.82, 2.24) is 10.3 Å². The third kappa shape index (κ3) is 2.86. The maximum atomic E-state index is 12.3. The van der Waals surface area contributed by atoms with E-state index in [1.807, 2.05) is 49.4 Å². The fourth-order valence-electron chi connectivity index (χ4n) is 2.73. The smallest absolute Gasteiger partial charge is 0.253 e. The Labute approximate surface area is 136 Å². The molecular formula is C20H18N2O. The number of aromatic nitrogens is 1. The summed E-state index contributed by atoms with van der Waals surface area (Å²) in [4.78, 5) is 16.8. The molecule has 0 radical (unpaired) electrons. The van der Waals surface area contributed by atoms with Crippen molar-refractivity contribution in [3.63, 3.8) is 0 Å². The number of nitrogens with one attached hydrogen (secondary N) is 1. The zero-order valence-corrected chi connectivity index (χ0v) is 13.2. The number of amides is 1. The van der Waals surface area contributed by atoms with Gasteiger partial charge in [-0.05, 0) is 29.7 Å². The van der Waals surface area contributed by atoms with Gasteiger partial charge < -0.3 is 5.32 Å². The van der Waals surface area contributed by atoms with Crippen molar-refractivity contribution in [3.8, 4) is 22.4 Å². The van der Waals surface area contributed by atoms with Crippen LogP contribution in [0.1, 0.15) is 15.9 Å². The van der Waals surface area contributed by atoms with Gasteiger partial charge in [-0.2, -0.15) is 0 Å². The summed E-state index contributed by atoms with van der Waals surface area (Å²) in [6, 6.07) is 20.0. The second-order valence-electron chi connectivity index (χ2n) is 5.34. The Morgan fingerprint density at radius 1 is 0.913 bits per heavy atom. The molecule has 1 amide bonds. The van der Waals surface area contributed by atoms with Gasteiger partial charge in [-0.15, -0.1) is 0 Å². The van der Waals surface area contributed by atoms with Crippen LogP contribution < -0.4 is 5.32 Å². The maximum absolute atomic E-state index is 12.3. The van der Waals surface area contributed by atoms with Crippen LogP contribution in [0.5, 0.6) is 0 Å². The number of benzene rings is 2. The van der Waals surface area contributed by atoms with Crippen molar-refractivity contribution in [2.45, 2.75) is 6.92 Å². The van der Waals surface area contributed by atoms with E-state index in [2.05, 4.69) is 28.5 Å². The van der Waals surface area contributed by atoms with E-state index in [-0.39, 0.29) is 5.91 Å². The summed E-state index contributed by atoms with van der Waals surface area (Å²) < 4.78 is 0. The first kappa shape index (κ1) is 15.0. The van der Waals surface area contributed by atoms with Gasteiger partial charge in [0.25, 0.3) is 5.91 Å². The van der Waals surface area contributed by atoms with Gasteiger partial charge in [0.15, 0.2) is 0 Å². The molecule has 0 aliphatic carbocycles. The summed E-state index contributed by atoms with van der Waals surface area (Å²) >= 11 is 0. The predicted molar refractivity (Wildman–Crippen MR) is 93.2 cm³/mol. The highest BCUT2D eigenvalue weighted by atomic mass is 16.1. The summed E-state index contributed by atoms with van der Waals surface area (Å²) in [5.74, 6) is -0.117. The fraction of sp³-hybridized carbons (Fsp3) is 0.100. The van der Waals surface area contributed by atoms with E-state index < -0.39 is 0 Å².